The molecule has 16 heavy (non-hydrogen) atoms. The Labute approximate surface area is 97.9 Å². The van der Waals surface area contributed by atoms with Crippen LogP contribution in [0.5, 0.6) is 0 Å². The molecule has 0 bridgehead atoms. The zero-order chi connectivity index (χ0) is 11.5. The molecule has 0 spiro atoms. The molecular weight excluding hydrogens is 233 g/mol. The highest BCUT2D eigenvalue weighted by atomic mass is 35.5. The molecule has 1 heterocycles. The van der Waals surface area contributed by atoms with E-state index in [0.717, 1.165) is 25.5 Å². The van der Waals surface area contributed by atoms with Crippen molar-refractivity contribution in [1.29, 1.82) is 0 Å². The van der Waals surface area contributed by atoms with Gasteiger partial charge in [0.15, 0.2) is 11.6 Å². The minimum atomic E-state index is -0.524. The molecule has 4 nitrogen and oxygen atoms in total. The molecule has 0 radical (unpaired) electrons. The topological polar surface area (TPSA) is 58.0 Å². The van der Waals surface area contributed by atoms with Crippen LogP contribution in [0.25, 0.3) is 0 Å². The number of aromatic nitrogens is 2. The van der Waals surface area contributed by atoms with Gasteiger partial charge in [-0.15, -0.1) is 0 Å². The molecule has 1 unspecified atom stereocenters. The van der Waals surface area contributed by atoms with Crippen LogP contribution in [0.1, 0.15) is 25.7 Å². The van der Waals surface area contributed by atoms with Gasteiger partial charge in [-0.1, -0.05) is 0 Å². The van der Waals surface area contributed by atoms with E-state index in [-0.39, 0.29) is 23.2 Å². The second-order valence-corrected chi connectivity index (χ2v) is 4.34. The zero-order valence-electron chi connectivity index (χ0n) is 8.66. The largest absolute Gasteiger partial charge is 0.393 e. The van der Waals surface area contributed by atoms with Gasteiger partial charge in [-0.25, -0.2) is 9.37 Å². The molecule has 1 aliphatic carbocycles. The average Bonchev–Trinajstić information content (AvgIpc) is 2.24. The van der Waals surface area contributed by atoms with Crippen molar-refractivity contribution in [2.75, 3.05) is 5.32 Å². The summed E-state index contributed by atoms with van der Waals surface area (Å²) >= 11 is 5.58. The Morgan fingerprint density at radius 2 is 2.31 bits per heavy atom. The molecule has 0 aromatic carbocycles. The molecule has 0 amide bonds. The number of anilines is 1. The fraction of sp³-hybridized carbons (Fsp3) is 0.600. The van der Waals surface area contributed by atoms with Crippen LogP contribution in [0, 0.1) is 5.82 Å². The smallest absolute Gasteiger partial charge is 0.224 e. The van der Waals surface area contributed by atoms with E-state index in [1.165, 1.54) is 0 Å². The molecule has 1 saturated carbocycles. The summed E-state index contributed by atoms with van der Waals surface area (Å²) in [7, 11) is 0. The van der Waals surface area contributed by atoms with Crippen LogP contribution in [0.3, 0.4) is 0 Å². The van der Waals surface area contributed by atoms with Gasteiger partial charge >= 0.3 is 0 Å². The Bertz CT molecular complexity index is 377. The minimum absolute atomic E-state index is 0.0141. The van der Waals surface area contributed by atoms with Crippen LogP contribution in [0.15, 0.2) is 6.20 Å². The number of nitrogens with one attached hydrogen (secondary N) is 1. The highest BCUT2D eigenvalue weighted by Gasteiger charge is 2.21. The first-order valence-corrected chi connectivity index (χ1v) is 5.65. The Morgan fingerprint density at radius 1 is 1.50 bits per heavy atom. The third-order valence-corrected chi connectivity index (χ3v) is 2.88. The molecule has 88 valence electrons. The second-order valence-electron chi connectivity index (χ2n) is 4.00. The summed E-state index contributed by atoms with van der Waals surface area (Å²) in [6.07, 6.45) is 3.98. The van der Waals surface area contributed by atoms with E-state index in [9.17, 15) is 9.50 Å². The van der Waals surface area contributed by atoms with Crippen molar-refractivity contribution < 1.29 is 9.50 Å². The zero-order valence-corrected chi connectivity index (χ0v) is 9.41. The van der Waals surface area contributed by atoms with Crippen molar-refractivity contribution in [3.63, 3.8) is 0 Å². The fourth-order valence-electron chi connectivity index (χ4n) is 1.94. The van der Waals surface area contributed by atoms with Crippen LogP contribution < -0.4 is 5.32 Å². The summed E-state index contributed by atoms with van der Waals surface area (Å²) in [6, 6.07) is 0.0456. The maximum absolute atomic E-state index is 13.3. The third-order valence-electron chi connectivity index (χ3n) is 2.70. The minimum Gasteiger partial charge on any atom is -0.393 e. The van der Waals surface area contributed by atoms with E-state index in [0.29, 0.717) is 6.42 Å². The number of rotatable bonds is 2. The van der Waals surface area contributed by atoms with Gasteiger partial charge in [0, 0.05) is 6.04 Å². The van der Waals surface area contributed by atoms with Crippen LogP contribution in [0.4, 0.5) is 10.2 Å². The number of halogens is 2. The van der Waals surface area contributed by atoms with Crippen molar-refractivity contribution in [2.24, 2.45) is 0 Å². The molecule has 1 aromatic rings. The standard InChI is InChI=1S/C10H13ClFN3O/c11-10-13-5-8(12)9(15-10)14-6-2-1-3-7(16)4-6/h5-7,16H,1-4H2,(H,13,14,15)/t6-,7?/m0/s1. The van der Waals surface area contributed by atoms with Gasteiger partial charge in [-0.2, -0.15) is 4.98 Å². The van der Waals surface area contributed by atoms with Crippen molar-refractivity contribution in [3.8, 4) is 0 Å². The first kappa shape index (κ1) is 11.5. The summed E-state index contributed by atoms with van der Waals surface area (Å²) < 4.78 is 13.3. The Hall–Kier alpha value is -0.940. The average molecular weight is 246 g/mol. The predicted octanol–water partition coefficient (Wildman–Crippen LogP) is 1.98. The van der Waals surface area contributed by atoms with Gasteiger partial charge in [0.25, 0.3) is 0 Å². The highest BCUT2D eigenvalue weighted by Crippen LogP contribution is 2.22. The molecular formula is C10H13ClFN3O. The lowest BCUT2D eigenvalue weighted by molar-refractivity contribution is 0.124. The molecule has 1 aliphatic rings. The van der Waals surface area contributed by atoms with Crippen LogP contribution in [-0.2, 0) is 0 Å². The molecule has 2 rings (SSSR count). The van der Waals surface area contributed by atoms with E-state index in [1.807, 2.05) is 0 Å². The van der Waals surface area contributed by atoms with Crippen molar-refractivity contribution in [2.45, 2.75) is 37.8 Å². The van der Waals surface area contributed by atoms with E-state index >= 15 is 0 Å². The van der Waals surface area contributed by atoms with E-state index < -0.39 is 5.82 Å². The van der Waals surface area contributed by atoms with Gasteiger partial charge in [0.05, 0.1) is 12.3 Å². The molecule has 6 heteroatoms. The Morgan fingerprint density at radius 3 is 3.06 bits per heavy atom. The molecule has 1 fully saturated rings. The van der Waals surface area contributed by atoms with Crippen molar-refractivity contribution >= 4 is 17.4 Å². The SMILES string of the molecule is OC1CCC[C@H](Nc2nc(Cl)ncc2F)C1. The molecule has 2 atom stereocenters. The molecule has 0 saturated heterocycles. The van der Waals surface area contributed by atoms with Gasteiger partial charge in [-0.05, 0) is 37.3 Å². The predicted molar refractivity (Wildman–Crippen MR) is 58.9 cm³/mol. The van der Waals surface area contributed by atoms with Gasteiger partial charge in [0.2, 0.25) is 5.28 Å². The van der Waals surface area contributed by atoms with Crippen LogP contribution in [-0.4, -0.2) is 27.2 Å². The van der Waals surface area contributed by atoms with Crippen molar-refractivity contribution in [1.82, 2.24) is 9.97 Å². The first-order chi connectivity index (χ1) is 7.65. The lowest BCUT2D eigenvalue weighted by Crippen LogP contribution is -2.30. The summed E-state index contributed by atoms with van der Waals surface area (Å²) in [5.41, 5.74) is 0. The number of aliphatic hydroxyl groups excluding tert-OH is 1. The lowest BCUT2D eigenvalue weighted by atomic mass is 9.93. The number of nitrogens with zero attached hydrogens (tertiary/aromatic N) is 2. The number of hydrogen-bond acceptors (Lipinski definition) is 4. The highest BCUT2D eigenvalue weighted by molar-refractivity contribution is 6.28. The second kappa shape index (κ2) is 4.93. The maximum atomic E-state index is 13.3. The fourth-order valence-corrected chi connectivity index (χ4v) is 2.07. The van der Waals surface area contributed by atoms with Gasteiger partial charge < -0.3 is 10.4 Å². The van der Waals surface area contributed by atoms with E-state index in [1.54, 1.807) is 0 Å². The summed E-state index contributed by atoms with van der Waals surface area (Å²) in [5.74, 6) is -0.413. The number of aliphatic hydroxyl groups is 1. The third kappa shape index (κ3) is 2.80. The molecule has 0 aliphatic heterocycles. The number of hydrogen-bond donors (Lipinski definition) is 2. The van der Waals surface area contributed by atoms with E-state index in [2.05, 4.69) is 15.3 Å². The summed E-state index contributed by atoms with van der Waals surface area (Å²) in [6.45, 7) is 0. The van der Waals surface area contributed by atoms with Crippen molar-refractivity contribution in [3.05, 3.63) is 17.3 Å². The normalized spacial score (nSPS) is 25.4. The summed E-state index contributed by atoms with van der Waals surface area (Å²) in [4.78, 5) is 7.32. The van der Waals surface area contributed by atoms with Crippen LogP contribution in [0.2, 0.25) is 5.28 Å². The summed E-state index contributed by atoms with van der Waals surface area (Å²) in [5, 5.41) is 12.5. The molecule has 1 aromatic heterocycles. The maximum Gasteiger partial charge on any atom is 0.224 e. The Balaban J connectivity index is 2.05. The van der Waals surface area contributed by atoms with Gasteiger partial charge in [-0.3, -0.25) is 0 Å². The van der Waals surface area contributed by atoms with Gasteiger partial charge in [0.1, 0.15) is 0 Å². The molecule has 2 N–H and O–H groups in total. The Kier molecular flexibility index (Phi) is 3.56. The van der Waals surface area contributed by atoms with Crippen LogP contribution >= 0.6 is 11.6 Å². The first-order valence-electron chi connectivity index (χ1n) is 5.28. The monoisotopic (exact) mass is 245 g/mol. The lowest BCUT2D eigenvalue weighted by Gasteiger charge is -2.27. The van der Waals surface area contributed by atoms with E-state index in [4.69, 9.17) is 11.6 Å². The quantitative estimate of drug-likeness (QED) is 0.783.